The standard InChI is InChI=1S/C24H25Cl2N3O5/c1-3-31-21-11-34-22-13(10-33-23(21)22)9-32-20-8-18-15(7-19(20)30-2)24(28-12-27-18)29-14-4-5-16(25)17(26)6-14/h4-8,12-13,21-23H,3,9-11H2,1-2H3,(H,27,28,29)/t13-,21+,22-,23-/m1/s1. The summed E-state index contributed by atoms with van der Waals surface area (Å²) >= 11 is 12.2. The van der Waals surface area contributed by atoms with Gasteiger partial charge < -0.3 is 29.0 Å². The van der Waals surface area contributed by atoms with Crippen molar-refractivity contribution in [3.8, 4) is 11.5 Å². The number of hydrogen-bond donors (Lipinski definition) is 1. The molecule has 0 bridgehead atoms. The fourth-order valence-electron chi connectivity index (χ4n) is 4.39. The van der Waals surface area contributed by atoms with E-state index in [1.807, 2.05) is 25.1 Å². The number of ether oxygens (including phenoxy) is 5. The fourth-order valence-corrected chi connectivity index (χ4v) is 4.68. The first-order valence-corrected chi connectivity index (χ1v) is 11.9. The third-order valence-electron chi connectivity index (χ3n) is 6.05. The Hall–Kier alpha value is -2.36. The Balaban J connectivity index is 1.34. The van der Waals surface area contributed by atoms with E-state index in [9.17, 15) is 0 Å². The molecular weight excluding hydrogens is 481 g/mol. The Morgan fingerprint density at radius 3 is 2.68 bits per heavy atom. The van der Waals surface area contributed by atoms with Crippen LogP contribution in [-0.4, -0.2) is 61.8 Å². The molecule has 180 valence electrons. The summed E-state index contributed by atoms with van der Waals surface area (Å²) in [6.45, 7) is 4.16. The molecule has 1 aromatic heterocycles. The summed E-state index contributed by atoms with van der Waals surface area (Å²) in [7, 11) is 1.60. The number of aromatic nitrogens is 2. The topological polar surface area (TPSA) is 84.0 Å². The molecule has 3 aromatic rings. The first kappa shape index (κ1) is 23.4. The predicted octanol–water partition coefficient (Wildman–Crippen LogP) is 4.89. The van der Waals surface area contributed by atoms with E-state index in [4.69, 9.17) is 46.9 Å². The lowest BCUT2D eigenvalue weighted by atomic mass is 10.0. The lowest BCUT2D eigenvalue weighted by molar-refractivity contribution is -0.0286. The molecule has 0 spiro atoms. The largest absolute Gasteiger partial charge is 0.493 e. The summed E-state index contributed by atoms with van der Waals surface area (Å²) in [5.74, 6) is 1.89. The molecule has 3 heterocycles. The number of anilines is 2. The van der Waals surface area contributed by atoms with Crippen LogP contribution in [0.2, 0.25) is 10.0 Å². The smallest absolute Gasteiger partial charge is 0.163 e. The second-order valence-corrected chi connectivity index (χ2v) is 8.97. The second kappa shape index (κ2) is 10.1. The van der Waals surface area contributed by atoms with Crippen molar-refractivity contribution in [2.24, 2.45) is 5.92 Å². The highest BCUT2D eigenvalue weighted by molar-refractivity contribution is 6.42. The van der Waals surface area contributed by atoms with Crippen LogP contribution in [0.3, 0.4) is 0 Å². The van der Waals surface area contributed by atoms with Crippen molar-refractivity contribution in [1.29, 1.82) is 0 Å². The maximum absolute atomic E-state index is 6.17. The summed E-state index contributed by atoms with van der Waals surface area (Å²) < 4.78 is 29.4. The van der Waals surface area contributed by atoms with Gasteiger partial charge in [-0.15, -0.1) is 0 Å². The monoisotopic (exact) mass is 505 g/mol. The van der Waals surface area contributed by atoms with Crippen molar-refractivity contribution in [3.05, 3.63) is 46.7 Å². The molecule has 34 heavy (non-hydrogen) atoms. The molecule has 2 aliphatic heterocycles. The number of hydrogen-bond acceptors (Lipinski definition) is 8. The van der Waals surface area contributed by atoms with Gasteiger partial charge in [0, 0.05) is 29.7 Å². The van der Waals surface area contributed by atoms with Crippen molar-refractivity contribution in [3.63, 3.8) is 0 Å². The van der Waals surface area contributed by atoms with E-state index in [-0.39, 0.29) is 24.2 Å². The van der Waals surface area contributed by atoms with Crippen LogP contribution in [0.4, 0.5) is 11.5 Å². The van der Waals surface area contributed by atoms with Gasteiger partial charge in [0.05, 0.1) is 48.6 Å². The zero-order chi connectivity index (χ0) is 23.7. The van der Waals surface area contributed by atoms with E-state index in [2.05, 4.69) is 15.3 Å². The number of halogens is 2. The Bertz CT molecular complexity index is 1180. The van der Waals surface area contributed by atoms with Crippen molar-refractivity contribution in [2.75, 3.05) is 38.9 Å². The SMILES string of the molecule is CCO[C@H]1CO[C@@H]2[C@H](COc3cc4ncnc(Nc5ccc(Cl)c(Cl)c5)c4cc3OC)CO[C@@H]21. The van der Waals surface area contributed by atoms with Crippen LogP contribution in [0.15, 0.2) is 36.7 Å². The number of benzene rings is 2. The van der Waals surface area contributed by atoms with Crippen LogP contribution in [0.5, 0.6) is 11.5 Å². The first-order chi connectivity index (χ1) is 16.6. The maximum Gasteiger partial charge on any atom is 0.163 e. The molecule has 10 heteroatoms. The average molecular weight is 506 g/mol. The molecule has 2 saturated heterocycles. The van der Waals surface area contributed by atoms with Gasteiger partial charge in [0.2, 0.25) is 0 Å². The Kier molecular flexibility index (Phi) is 6.94. The molecule has 2 fully saturated rings. The maximum atomic E-state index is 6.17. The van der Waals surface area contributed by atoms with Crippen molar-refractivity contribution < 1.29 is 23.7 Å². The molecule has 0 unspecified atom stereocenters. The number of rotatable bonds is 8. The van der Waals surface area contributed by atoms with Crippen LogP contribution in [0.1, 0.15) is 6.92 Å². The van der Waals surface area contributed by atoms with Crippen LogP contribution < -0.4 is 14.8 Å². The van der Waals surface area contributed by atoms with E-state index in [0.717, 1.165) is 11.1 Å². The first-order valence-electron chi connectivity index (χ1n) is 11.1. The highest BCUT2D eigenvalue weighted by Gasteiger charge is 2.48. The minimum absolute atomic E-state index is 0.0200. The molecule has 0 radical (unpaired) electrons. The number of methoxy groups -OCH3 is 1. The quantitative estimate of drug-likeness (QED) is 0.463. The third-order valence-corrected chi connectivity index (χ3v) is 6.79. The molecule has 2 aromatic carbocycles. The zero-order valence-corrected chi connectivity index (χ0v) is 20.3. The summed E-state index contributed by atoms with van der Waals surface area (Å²) in [6, 6.07) is 9.00. The van der Waals surface area contributed by atoms with Crippen molar-refractivity contribution >= 4 is 45.6 Å². The van der Waals surface area contributed by atoms with E-state index >= 15 is 0 Å². The molecule has 2 aliphatic rings. The van der Waals surface area contributed by atoms with Gasteiger partial charge in [-0.25, -0.2) is 9.97 Å². The molecule has 0 saturated carbocycles. The minimum Gasteiger partial charge on any atom is -0.493 e. The lowest BCUT2D eigenvalue weighted by Gasteiger charge is -2.18. The van der Waals surface area contributed by atoms with E-state index in [1.165, 1.54) is 6.33 Å². The predicted molar refractivity (Wildman–Crippen MR) is 130 cm³/mol. The summed E-state index contributed by atoms with van der Waals surface area (Å²) in [5.41, 5.74) is 1.47. The van der Waals surface area contributed by atoms with Gasteiger partial charge in [-0.1, -0.05) is 23.2 Å². The lowest BCUT2D eigenvalue weighted by Crippen LogP contribution is -2.32. The molecule has 1 N–H and O–H groups in total. The number of nitrogens with one attached hydrogen (secondary N) is 1. The average Bonchev–Trinajstić information content (AvgIpc) is 3.43. The van der Waals surface area contributed by atoms with Gasteiger partial charge in [-0.05, 0) is 31.2 Å². The Labute approximate surface area is 207 Å². The third kappa shape index (κ3) is 4.61. The van der Waals surface area contributed by atoms with E-state index < -0.39 is 0 Å². The highest BCUT2D eigenvalue weighted by Crippen LogP contribution is 2.37. The summed E-state index contributed by atoms with van der Waals surface area (Å²) in [6.07, 6.45) is 1.39. The molecule has 0 amide bonds. The molecule has 0 aliphatic carbocycles. The molecule has 8 nitrogen and oxygen atoms in total. The van der Waals surface area contributed by atoms with Crippen molar-refractivity contribution in [2.45, 2.75) is 25.2 Å². The summed E-state index contributed by atoms with van der Waals surface area (Å²) in [5, 5.41) is 4.98. The normalized spacial score (nSPS) is 23.8. The molecule has 5 rings (SSSR count). The zero-order valence-electron chi connectivity index (χ0n) is 18.8. The Morgan fingerprint density at radius 1 is 1.03 bits per heavy atom. The van der Waals surface area contributed by atoms with Crippen LogP contribution in [0, 0.1) is 5.92 Å². The molecule has 4 atom stereocenters. The summed E-state index contributed by atoms with van der Waals surface area (Å²) in [4.78, 5) is 8.80. The number of fused-ring (bicyclic) bond motifs is 2. The van der Waals surface area contributed by atoms with E-state index in [1.54, 1.807) is 19.2 Å². The van der Waals surface area contributed by atoms with Gasteiger partial charge in [0.15, 0.2) is 11.5 Å². The van der Waals surface area contributed by atoms with Gasteiger partial charge in [0.25, 0.3) is 0 Å². The molecular formula is C24H25Cl2N3O5. The van der Waals surface area contributed by atoms with Crippen molar-refractivity contribution in [1.82, 2.24) is 9.97 Å². The van der Waals surface area contributed by atoms with Crippen LogP contribution in [0.25, 0.3) is 10.9 Å². The fraction of sp³-hybridized carbons (Fsp3) is 0.417. The minimum atomic E-state index is -0.0465. The van der Waals surface area contributed by atoms with Gasteiger partial charge >= 0.3 is 0 Å². The Morgan fingerprint density at radius 2 is 1.88 bits per heavy atom. The number of nitrogens with zero attached hydrogens (tertiary/aromatic N) is 2. The van der Waals surface area contributed by atoms with Gasteiger partial charge in [-0.3, -0.25) is 0 Å². The highest BCUT2D eigenvalue weighted by atomic mass is 35.5. The van der Waals surface area contributed by atoms with Crippen LogP contribution >= 0.6 is 23.2 Å². The van der Waals surface area contributed by atoms with Gasteiger partial charge in [-0.2, -0.15) is 0 Å². The van der Waals surface area contributed by atoms with Crippen LogP contribution in [-0.2, 0) is 14.2 Å². The van der Waals surface area contributed by atoms with Gasteiger partial charge in [0.1, 0.15) is 24.4 Å². The van der Waals surface area contributed by atoms with E-state index in [0.29, 0.717) is 59.3 Å². The second-order valence-electron chi connectivity index (χ2n) is 8.16.